The van der Waals surface area contributed by atoms with E-state index in [0.29, 0.717) is 44.4 Å². The Morgan fingerprint density at radius 3 is 2.50 bits per heavy atom. The van der Waals surface area contributed by atoms with Gasteiger partial charge in [-0.1, -0.05) is 66.7 Å². The Balaban J connectivity index is 1.14. The van der Waals surface area contributed by atoms with Gasteiger partial charge in [0.25, 0.3) is 0 Å². The highest BCUT2D eigenvalue weighted by Crippen LogP contribution is 2.40. The molecule has 0 N–H and O–H groups in total. The summed E-state index contributed by atoms with van der Waals surface area (Å²) in [6.07, 6.45) is 4.41. The molecule has 4 aromatic carbocycles. The SMILES string of the molecule is CCOC(=O)c1c(CCCOc2cccc3ccccc23)c2cccc3c2n1CCCN(C)Cc1c-3c(COc2ccc(C3CCOCC3)cc2)nn1C. The van der Waals surface area contributed by atoms with Gasteiger partial charge in [-0.2, -0.15) is 5.10 Å². The van der Waals surface area contributed by atoms with Crippen LogP contribution in [0.2, 0.25) is 0 Å². The van der Waals surface area contributed by atoms with Crippen LogP contribution in [0.15, 0.2) is 84.9 Å². The lowest BCUT2D eigenvalue weighted by Crippen LogP contribution is -2.24. The third-order valence-corrected chi connectivity index (χ3v) is 11.0. The number of nitrogens with zero attached hydrogens (tertiary/aromatic N) is 4. The van der Waals surface area contributed by atoms with Crippen molar-refractivity contribution < 1.29 is 23.7 Å². The Morgan fingerprint density at radius 2 is 1.67 bits per heavy atom. The third kappa shape index (κ3) is 7.22. The molecule has 0 radical (unpaired) electrons. The van der Waals surface area contributed by atoms with E-state index in [1.165, 1.54) is 5.56 Å². The van der Waals surface area contributed by atoms with Crippen LogP contribution < -0.4 is 9.47 Å². The second-order valence-electron chi connectivity index (χ2n) is 14.6. The number of rotatable bonds is 11. The van der Waals surface area contributed by atoms with E-state index in [9.17, 15) is 4.79 Å². The Kier molecular flexibility index (Phi) is 10.7. The van der Waals surface area contributed by atoms with Crippen LogP contribution in [-0.4, -0.2) is 65.2 Å². The molecule has 0 saturated carbocycles. The number of para-hydroxylation sites is 1. The highest BCUT2D eigenvalue weighted by molar-refractivity contribution is 6.05. The van der Waals surface area contributed by atoms with Gasteiger partial charge in [0.2, 0.25) is 0 Å². The average Bonchev–Trinajstić information content (AvgIpc) is 3.69. The lowest BCUT2D eigenvalue weighted by Gasteiger charge is -2.22. The maximum absolute atomic E-state index is 13.9. The molecule has 280 valence electrons. The molecule has 0 bridgehead atoms. The van der Waals surface area contributed by atoms with E-state index in [1.54, 1.807) is 0 Å². The minimum Gasteiger partial charge on any atom is -0.493 e. The van der Waals surface area contributed by atoms with Crippen LogP contribution in [-0.2, 0) is 42.6 Å². The number of ether oxygens (including phenoxy) is 4. The van der Waals surface area contributed by atoms with Crippen molar-refractivity contribution in [1.82, 2.24) is 19.2 Å². The van der Waals surface area contributed by atoms with Crippen molar-refractivity contribution in [2.75, 3.05) is 40.0 Å². The fourth-order valence-corrected chi connectivity index (χ4v) is 8.41. The maximum Gasteiger partial charge on any atom is 0.355 e. The van der Waals surface area contributed by atoms with Crippen LogP contribution in [0.25, 0.3) is 32.8 Å². The lowest BCUT2D eigenvalue weighted by molar-refractivity contribution is 0.0512. The summed E-state index contributed by atoms with van der Waals surface area (Å²) in [7, 11) is 4.18. The van der Waals surface area contributed by atoms with Gasteiger partial charge in [0.1, 0.15) is 29.5 Å². The zero-order valence-corrected chi connectivity index (χ0v) is 31.7. The van der Waals surface area contributed by atoms with E-state index >= 15 is 0 Å². The van der Waals surface area contributed by atoms with Crippen LogP contribution >= 0.6 is 0 Å². The van der Waals surface area contributed by atoms with Crippen molar-refractivity contribution in [1.29, 1.82) is 0 Å². The van der Waals surface area contributed by atoms with E-state index in [-0.39, 0.29) is 5.97 Å². The summed E-state index contributed by atoms with van der Waals surface area (Å²) in [6.45, 7) is 6.98. The molecule has 8 rings (SSSR count). The van der Waals surface area contributed by atoms with Gasteiger partial charge in [-0.15, -0.1) is 0 Å². The number of carbonyl (C=O) groups is 1. The lowest BCUT2D eigenvalue weighted by atomic mass is 9.92. The number of carbonyl (C=O) groups excluding carboxylic acids is 1. The summed E-state index contributed by atoms with van der Waals surface area (Å²) in [6, 6.07) is 29.4. The third-order valence-electron chi connectivity index (χ3n) is 11.0. The van der Waals surface area contributed by atoms with Gasteiger partial charge in [0.15, 0.2) is 0 Å². The van der Waals surface area contributed by atoms with E-state index in [1.807, 2.05) is 42.9 Å². The Bertz CT molecular complexity index is 2240. The normalized spacial score (nSPS) is 15.3. The maximum atomic E-state index is 13.9. The molecule has 2 aliphatic rings. The molecule has 2 aliphatic heterocycles. The number of fused-ring (bicyclic) bond motifs is 3. The first-order valence-corrected chi connectivity index (χ1v) is 19.5. The summed E-state index contributed by atoms with van der Waals surface area (Å²) in [5.41, 5.74) is 8.15. The fraction of sp³-hybridized carbons (Fsp3) is 0.378. The Morgan fingerprint density at radius 1 is 0.889 bits per heavy atom. The zero-order chi connectivity index (χ0) is 37.0. The molecule has 1 fully saturated rings. The molecule has 0 amide bonds. The second kappa shape index (κ2) is 16.1. The highest BCUT2D eigenvalue weighted by Gasteiger charge is 2.29. The number of hydrogen-bond acceptors (Lipinski definition) is 7. The average molecular weight is 727 g/mol. The molecule has 0 atom stereocenters. The summed E-state index contributed by atoms with van der Waals surface area (Å²) < 4.78 is 28.4. The van der Waals surface area contributed by atoms with Crippen LogP contribution in [0.4, 0.5) is 0 Å². The van der Waals surface area contributed by atoms with Crippen molar-refractivity contribution in [2.24, 2.45) is 7.05 Å². The van der Waals surface area contributed by atoms with Crippen molar-refractivity contribution in [3.05, 3.63) is 113 Å². The zero-order valence-electron chi connectivity index (χ0n) is 31.7. The summed E-state index contributed by atoms with van der Waals surface area (Å²) in [5, 5.41) is 8.40. The predicted molar refractivity (Wildman–Crippen MR) is 212 cm³/mol. The Labute approximate surface area is 317 Å². The van der Waals surface area contributed by atoms with Crippen LogP contribution in [0.3, 0.4) is 0 Å². The molecule has 0 unspecified atom stereocenters. The molecular formula is C45H50N4O5. The number of aromatic nitrogens is 3. The van der Waals surface area contributed by atoms with E-state index in [4.69, 9.17) is 24.0 Å². The van der Waals surface area contributed by atoms with Crippen molar-refractivity contribution >= 4 is 27.6 Å². The van der Waals surface area contributed by atoms with Crippen LogP contribution in [0.5, 0.6) is 11.5 Å². The highest BCUT2D eigenvalue weighted by atomic mass is 16.5. The van der Waals surface area contributed by atoms with Crippen LogP contribution in [0, 0.1) is 0 Å². The van der Waals surface area contributed by atoms with Gasteiger partial charge in [-0.25, -0.2) is 4.79 Å². The molecule has 2 aromatic heterocycles. The largest absolute Gasteiger partial charge is 0.493 e. The molecule has 1 saturated heterocycles. The number of hydrogen-bond donors (Lipinski definition) is 0. The summed E-state index contributed by atoms with van der Waals surface area (Å²) in [4.78, 5) is 16.3. The Hall–Kier alpha value is -5.12. The smallest absolute Gasteiger partial charge is 0.355 e. The van der Waals surface area contributed by atoms with Crippen LogP contribution in [0.1, 0.15) is 71.5 Å². The van der Waals surface area contributed by atoms with Crippen molar-refractivity contribution in [2.45, 2.75) is 64.6 Å². The molecule has 4 heterocycles. The molecule has 54 heavy (non-hydrogen) atoms. The minimum atomic E-state index is -0.283. The quantitative estimate of drug-likeness (QED) is 0.0977. The molecule has 9 heteroatoms. The minimum absolute atomic E-state index is 0.283. The molecule has 0 spiro atoms. The first-order valence-electron chi connectivity index (χ1n) is 19.5. The van der Waals surface area contributed by atoms with Gasteiger partial charge in [0, 0.05) is 55.3 Å². The van der Waals surface area contributed by atoms with Crippen molar-refractivity contribution in [3.63, 3.8) is 0 Å². The molecule has 6 aromatic rings. The molecule has 0 aliphatic carbocycles. The van der Waals surface area contributed by atoms with Gasteiger partial charge in [-0.3, -0.25) is 4.68 Å². The van der Waals surface area contributed by atoms with E-state index < -0.39 is 0 Å². The van der Waals surface area contributed by atoms with E-state index in [2.05, 4.69) is 77.2 Å². The van der Waals surface area contributed by atoms with Crippen molar-refractivity contribution in [3.8, 4) is 22.6 Å². The number of esters is 1. The molecule has 9 nitrogen and oxygen atoms in total. The van der Waals surface area contributed by atoms with Gasteiger partial charge in [0.05, 0.1) is 24.4 Å². The van der Waals surface area contributed by atoms with Gasteiger partial charge >= 0.3 is 5.97 Å². The monoisotopic (exact) mass is 726 g/mol. The summed E-state index contributed by atoms with van der Waals surface area (Å²) in [5.74, 6) is 1.95. The molecular weight excluding hydrogens is 677 g/mol. The predicted octanol–water partition coefficient (Wildman–Crippen LogP) is 8.69. The number of aryl methyl sites for hydroxylation is 3. The summed E-state index contributed by atoms with van der Waals surface area (Å²) >= 11 is 0. The van der Waals surface area contributed by atoms with E-state index in [0.717, 1.165) is 113 Å². The first kappa shape index (κ1) is 35.9. The topological polar surface area (TPSA) is 80.0 Å². The number of benzene rings is 4. The fourth-order valence-electron chi connectivity index (χ4n) is 8.41. The van der Waals surface area contributed by atoms with Gasteiger partial charge < -0.3 is 28.4 Å². The first-order chi connectivity index (χ1) is 26.5. The second-order valence-corrected chi connectivity index (χ2v) is 14.6. The van der Waals surface area contributed by atoms with Gasteiger partial charge in [-0.05, 0) is 93.3 Å². The standard InChI is InChI=1S/C45H50N4O5/c1-4-52-45(50)44-37(16-9-26-53-41-17-7-12-33-11-5-6-13-35(33)41)36-14-8-15-38-42-39(30-54-34-20-18-31(19-21-34)32-22-27-51-28-23-32)46-48(3)40(42)29-47(2)24-10-25-49(44)43(36)38/h5-8,11-15,17-21,32H,4,9-10,16,22-30H2,1-3H3.